The van der Waals surface area contributed by atoms with Gasteiger partial charge in [0.25, 0.3) is 5.91 Å². The fraction of sp³-hybridized carbons (Fsp3) is 0.0714. The Morgan fingerprint density at radius 2 is 1.64 bits per heavy atom. The van der Waals surface area contributed by atoms with Crippen LogP contribution in [0.3, 0.4) is 0 Å². The van der Waals surface area contributed by atoms with E-state index in [1.54, 1.807) is 13.0 Å². The predicted octanol–water partition coefficient (Wildman–Crippen LogP) is 3.20. The van der Waals surface area contributed by atoms with Crippen LogP contribution >= 0.6 is 23.2 Å². The lowest BCUT2D eigenvalue weighted by molar-refractivity contribution is 0.102. The van der Waals surface area contributed by atoms with Gasteiger partial charge in [0.2, 0.25) is 10.0 Å². The van der Waals surface area contributed by atoms with E-state index < -0.39 is 15.9 Å². The monoisotopic (exact) mass is 358 g/mol. The molecule has 0 aliphatic carbocycles. The molecular weight excluding hydrogens is 347 g/mol. The van der Waals surface area contributed by atoms with Gasteiger partial charge >= 0.3 is 0 Å². The SMILES string of the molecule is Cc1cc(C(=O)Nc2cc(Cl)cc(Cl)c2)cc(S(N)(=O)=O)c1. The summed E-state index contributed by atoms with van der Waals surface area (Å²) in [5, 5.41) is 8.44. The van der Waals surface area contributed by atoms with Gasteiger partial charge in [-0.2, -0.15) is 0 Å². The first-order chi connectivity index (χ1) is 10.1. The van der Waals surface area contributed by atoms with Crippen molar-refractivity contribution in [2.75, 3.05) is 5.32 Å². The fourth-order valence-electron chi connectivity index (χ4n) is 1.87. The number of sulfonamides is 1. The second kappa shape index (κ2) is 6.26. The van der Waals surface area contributed by atoms with Crippen molar-refractivity contribution in [2.45, 2.75) is 11.8 Å². The standard InChI is InChI=1S/C14H12Cl2N2O3S/c1-8-2-9(4-13(3-8)22(17,20)21)14(19)18-12-6-10(15)5-11(16)7-12/h2-7H,1H3,(H,18,19)(H2,17,20,21). The van der Waals surface area contributed by atoms with E-state index in [0.29, 0.717) is 21.3 Å². The number of anilines is 1. The van der Waals surface area contributed by atoms with Crippen molar-refractivity contribution in [3.05, 3.63) is 57.6 Å². The number of halogens is 2. The highest BCUT2D eigenvalue weighted by Crippen LogP contribution is 2.23. The summed E-state index contributed by atoms with van der Waals surface area (Å²) >= 11 is 11.7. The molecule has 0 fully saturated rings. The highest BCUT2D eigenvalue weighted by molar-refractivity contribution is 7.89. The van der Waals surface area contributed by atoms with Crippen LogP contribution in [-0.4, -0.2) is 14.3 Å². The average Bonchev–Trinajstić information content (AvgIpc) is 2.35. The number of hydrogen-bond donors (Lipinski definition) is 2. The molecule has 0 bridgehead atoms. The zero-order valence-corrected chi connectivity index (χ0v) is 13.8. The number of aryl methyl sites for hydroxylation is 1. The maximum Gasteiger partial charge on any atom is 0.255 e. The van der Waals surface area contributed by atoms with Crippen molar-refractivity contribution in [3.63, 3.8) is 0 Å². The summed E-state index contributed by atoms with van der Waals surface area (Å²) in [6.07, 6.45) is 0. The molecule has 22 heavy (non-hydrogen) atoms. The summed E-state index contributed by atoms with van der Waals surface area (Å²) in [5.41, 5.74) is 1.17. The van der Waals surface area contributed by atoms with Gasteiger partial charge in [-0.15, -0.1) is 0 Å². The Labute approximate surface area is 138 Å². The molecular formula is C14H12Cl2N2O3S. The summed E-state index contributed by atoms with van der Waals surface area (Å²) in [4.78, 5) is 12.1. The van der Waals surface area contributed by atoms with Gasteiger partial charge in [0.1, 0.15) is 0 Å². The number of nitrogens with one attached hydrogen (secondary N) is 1. The van der Waals surface area contributed by atoms with E-state index in [0.717, 1.165) is 0 Å². The number of nitrogens with two attached hydrogens (primary N) is 1. The van der Waals surface area contributed by atoms with Crippen LogP contribution in [0.4, 0.5) is 5.69 Å². The number of amides is 1. The first-order valence-electron chi connectivity index (χ1n) is 6.07. The topological polar surface area (TPSA) is 89.3 Å². The Morgan fingerprint density at radius 3 is 2.18 bits per heavy atom. The third kappa shape index (κ3) is 4.20. The molecule has 0 unspecified atom stereocenters. The van der Waals surface area contributed by atoms with Crippen molar-refractivity contribution in [1.29, 1.82) is 0 Å². The molecule has 0 radical (unpaired) electrons. The number of rotatable bonds is 3. The zero-order valence-electron chi connectivity index (χ0n) is 11.4. The van der Waals surface area contributed by atoms with E-state index in [1.165, 1.54) is 30.3 Å². The van der Waals surface area contributed by atoms with Crippen LogP contribution in [0.1, 0.15) is 15.9 Å². The van der Waals surface area contributed by atoms with Crippen molar-refractivity contribution < 1.29 is 13.2 Å². The Bertz CT molecular complexity index is 831. The van der Waals surface area contributed by atoms with Gasteiger partial charge in [-0.1, -0.05) is 23.2 Å². The van der Waals surface area contributed by atoms with Crippen LogP contribution < -0.4 is 10.5 Å². The molecule has 1 amide bonds. The number of carbonyl (C=O) groups is 1. The Kier molecular flexibility index (Phi) is 4.77. The second-order valence-corrected chi connectivity index (χ2v) is 7.13. The predicted molar refractivity (Wildman–Crippen MR) is 87.0 cm³/mol. The molecule has 2 aromatic carbocycles. The second-order valence-electron chi connectivity index (χ2n) is 4.69. The molecule has 0 aromatic heterocycles. The van der Waals surface area contributed by atoms with Crippen molar-refractivity contribution >= 4 is 44.8 Å². The summed E-state index contributed by atoms with van der Waals surface area (Å²) < 4.78 is 22.8. The lowest BCUT2D eigenvalue weighted by Crippen LogP contribution is -2.16. The molecule has 0 spiro atoms. The van der Waals surface area contributed by atoms with Crippen molar-refractivity contribution in [2.24, 2.45) is 5.14 Å². The van der Waals surface area contributed by atoms with Crippen LogP contribution in [0.2, 0.25) is 10.0 Å². The molecule has 2 rings (SSSR count). The number of primary sulfonamides is 1. The number of benzene rings is 2. The van der Waals surface area contributed by atoms with E-state index >= 15 is 0 Å². The van der Waals surface area contributed by atoms with E-state index in [4.69, 9.17) is 28.3 Å². The summed E-state index contributed by atoms with van der Waals surface area (Å²) in [5.74, 6) is -0.494. The molecule has 2 aromatic rings. The first-order valence-corrected chi connectivity index (χ1v) is 8.37. The van der Waals surface area contributed by atoms with Gasteiger partial charge in [0.05, 0.1) is 4.90 Å². The summed E-state index contributed by atoms with van der Waals surface area (Å²) in [6.45, 7) is 1.67. The average molecular weight is 359 g/mol. The fourth-order valence-corrected chi connectivity index (χ4v) is 3.04. The quantitative estimate of drug-likeness (QED) is 0.882. The van der Waals surface area contributed by atoms with Gasteiger partial charge in [0, 0.05) is 21.3 Å². The lowest BCUT2D eigenvalue weighted by atomic mass is 10.1. The van der Waals surface area contributed by atoms with Crippen molar-refractivity contribution in [1.82, 2.24) is 0 Å². The smallest absolute Gasteiger partial charge is 0.255 e. The van der Waals surface area contributed by atoms with Crippen molar-refractivity contribution in [3.8, 4) is 0 Å². The first kappa shape index (κ1) is 16.8. The third-order valence-electron chi connectivity index (χ3n) is 2.76. The maximum absolute atomic E-state index is 12.2. The number of hydrogen-bond acceptors (Lipinski definition) is 3. The molecule has 5 nitrogen and oxygen atoms in total. The molecule has 0 saturated carbocycles. The summed E-state index contributed by atoms with van der Waals surface area (Å²) in [7, 11) is -3.89. The normalized spacial score (nSPS) is 11.3. The van der Waals surface area contributed by atoms with Gasteiger partial charge < -0.3 is 5.32 Å². The minimum Gasteiger partial charge on any atom is -0.322 e. The molecule has 3 N–H and O–H groups in total. The van der Waals surface area contributed by atoms with E-state index in [2.05, 4.69) is 5.32 Å². The van der Waals surface area contributed by atoms with E-state index in [1.807, 2.05) is 0 Å². The Balaban J connectivity index is 2.35. The van der Waals surface area contributed by atoms with E-state index in [9.17, 15) is 13.2 Å². The van der Waals surface area contributed by atoms with Gasteiger partial charge in [-0.3, -0.25) is 4.79 Å². The zero-order chi connectivity index (χ0) is 16.5. The lowest BCUT2D eigenvalue weighted by Gasteiger charge is -2.08. The minimum atomic E-state index is -3.89. The minimum absolute atomic E-state index is 0.123. The molecule has 0 aliphatic rings. The highest BCUT2D eigenvalue weighted by Gasteiger charge is 2.14. The Morgan fingerprint density at radius 1 is 1.05 bits per heavy atom. The highest BCUT2D eigenvalue weighted by atomic mass is 35.5. The van der Waals surface area contributed by atoms with Gasteiger partial charge in [-0.25, -0.2) is 13.6 Å². The van der Waals surface area contributed by atoms with Crippen LogP contribution in [-0.2, 0) is 10.0 Å². The summed E-state index contributed by atoms with van der Waals surface area (Å²) in [6, 6.07) is 8.75. The molecule has 116 valence electrons. The molecule has 0 atom stereocenters. The van der Waals surface area contributed by atoms with E-state index in [-0.39, 0.29) is 10.5 Å². The van der Waals surface area contributed by atoms with Gasteiger partial charge in [-0.05, 0) is 48.9 Å². The Hall–Kier alpha value is -1.60. The maximum atomic E-state index is 12.2. The molecule has 8 heteroatoms. The largest absolute Gasteiger partial charge is 0.322 e. The molecule has 0 heterocycles. The molecule has 0 aliphatic heterocycles. The number of carbonyl (C=O) groups excluding carboxylic acids is 1. The van der Waals surface area contributed by atoms with Crippen LogP contribution in [0, 0.1) is 6.92 Å². The van der Waals surface area contributed by atoms with Crippen LogP contribution in [0.25, 0.3) is 0 Å². The van der Waals surface area contributed by atoms with Crippen LogP contribution in [0.15, 0.2) is 41.3 Å². The molecule has 0 saturated heterocycles. The van der Waals surface area contributed by atoms with Gasteiger partial charge in [0.15, 0.2) is 0 Å². The third-order valence-corrected chi connectivity index (χ3v) is 4.09. The van der Waals surface area contributed by atoms with Crippen LogP contribution in [0.5, 0.6) is 0 Å².